The Morgan fingerprint density at radius 2 is 1.94 bits per heavy atom. The Kier molecular flexibility index (Phi) is 6.24. The minimum Gasteiger partial charge on any atom is -0.494 e. The van der Waals surface area contributed by atoms with E-state index in [2.05, 4.69) is 47.2 Å². The number of hydrogen-bond donors (Lipinski definition) is 4. The number of hydrogen-bond acceptors (Lipinski definition) is 10. The van der Waals surface area contributed by atoms with Gasteiger partial charge in [0.25, 0.3) is 0 Å². The van der Waals surface area contributed by atoms with E-state index in [1.165, 1.54) is 19.3 Å². The molecule has 1 aliphatic carbocycles. The van der Waals surface area contributed by atoms with Crippen molar-refractivity contribution in [1.82, 2.24) is 35.6 Å². The van der Waals surface area contributed by atoms with Gasteiger partial charge >= 0.3 is 0 Å². The molecule has 1 saturated heterocycles. The minimum absolute atomic E-state index is 0.354. The Morgan fingerprint density at radius 3 is 2.72 bits per heavy atom. The molecule has 36 heavy (non-hydrogen) atoms. The van der Waals surface area contributed by atoms with E-state index in [0.29, 0.717) is 23.3 Å². The maximum atomic E-state index is 5.71. The van der Waals surface area contributed by atoms with Crippen molar-refractivity contribution < 1.29 is 9.47 Å². The molecule has 2 fully saturated rings. The fourth-order valence-electron chi connectivity index (χ4n) is 4.95. The predicted molar refractivity (Wildman–Crippen MR) is 137 cm³/mol. The van der Waals surface area contributed by atoms with E-state index in [0.717, 1.165) is 73.2 Å². The lowest BCUT2D eigenvalue weighted by molar-refractivity contribution is 0.122. The highest BCUT2D eigenvalue weighted by Crippen LogP contribution is 2.35. The van der Waals surface area contributed by atoms with Gasteiger partial charge in [-0.3, -0.25) is 5.10 Å². The number of morpholine rings is 1. The average Bonchev–Trinajstić information content (AvgIpc) is 3.60. The Hall–Kier alpha value is -3.93. The lowest BCUT2D eigenvalue weighted by Gasteiger charge is -2.29. The summed E-state index contributed by atoms with van der Waals surface area (Å²) in [5, 5.41) is 26.2. The number of rotatable bonds is 7. The molecule has 12 nitrogen and oxygen atoms in total. The third-order valence-electron chi connectivity index (χ3n) is 6.84. The number of benzene rings is 1. The molecule has 0 bridgehead atoms. The summed E-state index contributed by atoms with van der Waals surface area (Å²) in [5.74, 6) is 1.89. The molecule has 0 unspecified atom stereocenters. The normalized spacial score (nSPS) is 16.9. The number of nitrogens with one attached hydrogen (secondary N) is 4. The van der Waals surface area contributed by atoms with E-state index in [-0.39, 0.29) is 0 Å². The van der Waals surface area contributed by atoms with Gasteiger partial charge in [-0.05, 0) is 25.0 Å². The second-order valence-corrected chi connectivity index (χ2v) is 9.14. The van der Waals surface area contributed by atoms with Crippen molar-refractivity contribution >= 4 is 34.2 Å². The molecule has 188 valence electrons. The van der Waals surface area contributed by atoms with E-state index in [4.69, 9.17) is 19.4 Å². The van der Waals surface area contributed by atoms with Crippen molar-refractivity contribution in [2.45, 2.75) is 38.1 Å². The zero-order chi connectivity index (χ0) is 24.3. The van der Waals surface area contributed by atoms with Crippen molar-refractivity contribution in [3.63, 3.8) is 0 Å². The largest absolute Gasteiger partial charge is 0.494 e. The zero-order valence-corrected chi connectivity index (χ0v) is 20.3. The number of aromatic nitrogens is 7. The molecular formula is C24H30N10O2. The highest BCUT2D eigenvalue weighted by molar-refractivity contribution is 5.98. The minimum atomic E-state index is 0.354. The molecule has 0 radical (unpaired) electrons. The monoisotopic (exact) mass is 490 g/mol. The molecule has 1 aromatic carbocycles. The fraction of sp³-hybridized carbons (Fsp3) is 0.458. The molecule has 0 atom stereocenters. The van der Waals surface area contributed by atoms with E-state index in [1.54, 1.807) is 13.3 Å². The molecule has 4 N–H and O–H groups in total. The molecule has 2 aliphatic rings. The summed E-state index contributed by atoms with van der Waals surface area (Å²) in [6.45, 7) is 3.18. The quantitative estimate of drug-likeness (QED) is 0.304. The fourth-order valence-corrected chi connectivity index (χ4v) is 4.95. The molecule has 4 heterocycles. The van der Waals surface area contributed by atoms with Crippen LogP contribution in [0.25, 0.3) is 22.4 Å². The lowest BCUT2D eigenvalue weighted by Crippen LogP contribution is -2.36. The first-order valence-corrected chi connectivity index (χ1v) is 12.4. The molecule has 3 aromatic heterocycles. The molecule has 0 amide bonds. The van der Waals surface area contributed by atoms with Crippen LogP contribution in [0.5, 0.6) is 5.75 Å². The summed E-state index contributed by atoms with van der Waals surface area (Å²) in [6.07, 6.45) is 7.59. The molecule has 1 saturated carbocycles. The van der Waals surface area contributed by atoms with Crippen LogP contribution in [0.3, 0.4) is 0 Å². The second-order valence-electron chi connectivity index (χ2n) is 9.14. The Labute approximate surface area is 208 Å². The highest BCUT2D eigenvalue weighted by Gasteiger charge is 2.22. The van der Waals surface area contributed by atoms with Crippen LogP contribution in [-0.2, 0) is 4.74 Å². The van der Waals surface area contributed by atoms with Crippen molar-refractivity contribution in [3.8, 4) is 17.1 Å². The van der Waals surface area contributed by atoms with Gasteiger partial charge in [-0.1, -0.05) is 19.3 Å². The van der Waals surface area contributed by atoms with Crippen molar-refractivity contribution in [1.29, 1.82) is 0 Å². The molecule has 4 aromatic rings. The van der Waals surface area contributed by atoms with E-state index >= 15 is 0 Å². The maximum Gasteiger partial charge on any atom is 0.231 e. The number of fused-ring (bicyclic) bond motifs is 1. The first-order valence-electron chi connectivity index (χ1n) is 12.4. The van der Waals surface area contributed by atoms with Gasteiger partial charge in [0.1, 0.15) is 23.0 Å². The number of nitrogens with zero attached hydrogens (tertiary/aromatic N) is 6. The van der Waals surface area contributed by atoms with Crippen LogP contribution < -0.4 is 20.3 Å². The van der Waals surface area contributed by atoms with Gasteiger partial charge in [0.2, 0.25) is 5.95 Å². The molecular weight excluding hydrogens is 460 g/mol. The lowest BCUT2D eigenvalue weighted by atomic mass is 9.95. The summed E-state index contributed by atoms with van der Waals surface area (Å²) < 4.78 is 11.2. The highest BCUT2D eigenvalue weighted by atomic mass is 16.5. The maximum absolute atomic E-state index is 5.71. The van der Waals surface area contributed by atoms with Crippen LogP contribution in [0, 0.1) is 0 Å². The van der Waals surface area contributed by atoms with Crippen LogP contribution in [0.15, 0.2) is 24.4 Å². The number of methoxy groups -OCH3 is 1. The van der Waals surface area contributed by atoms with Gasteiger partial charge in [0, 0.05) is 30.9 Å². The Morgan fingerprint density at radius 1 is 1.08 bits per heavy atom. The first-order chi connectivity index (χ1) is 17.8. The number of aromatic amines is 2. The average molecular weight is 491 g/mol. The van der Waals surface area contributed by atoms with E-state index in [9.17, 15) is 0 Å². The van der Waals surface area contributed by atoms with Crippen molar-refractivity contribution in [2.75, 3.05) is 48.9 Å². The first kappa shape index (κ1) is 22.5. The van der Waals surface area contributed by atoms with Crippen molar-refractivity contribution in [2.24, 2.45) is 0 Å². The predicted octanol–water partition coefficient (Wildman–Crippen LogP) is 3.47. The van der Waals surface area contributed by atoms with Crippen molar-refractivity contribution in [3.05, 3.63) is 24.4 Å². The third-order valence-corrected chi connectivity index (χ3v) is 6.84. The van der Waals surface area contributed by atoms with Crippen LogP contribution in [0.2, 0.25) is 0 Å². The van der Waals surface area contributed by atoms with E-state index < -0.39 is 0 Å². The summed E-state index contributed by atoms with van der Waals surface area (Å²) in [5.41, 5.74) is 3.82. The zero-order valence-electron chi connectivity index (χ0n) is 20.3. The van der Waals surface area contributed by atoms with Gasteiger partial charge in [-0.15, -0.1) is 0 Å². The summed E-state index contributed by atoms with van der Waals surface area (Å²) in [7, 11) is 1.67. The van der Waals surface area contributed by atoms with Crippen LogP contribution >= 0.6 is 0 Å². The van der Waals surface area contributed by atoms with Gasteiger partial charge in [-0.25, -0.2) is 0 Å². The molecule has 6 rings (SSSR count). The molecule has 0 spiro atoms. The SMILES string of the molecule is COc1cc(N2CCOCC2)ccc1Nc1nc(NC2CCCCC2)c2c(-c3cn[nH]n3)[nH]nc2n1. The van der Waals surface area contributed by atoms with Gasteiger partial charge in [0.15, 0.2) is 5.65 Å². The summed E-state index contributed by atoms with van der Waals surface area (Å²) >= 11 is 0. The second kappa shape index (κ2) is 9.97. The number of H-pyrrole nitrogens is 2. The molecule has 1 aliphatic heterocycles. The van der Waals surface area contributed by atoms with Gasteiger partial charge < -0.3 is 25.0 Å². The third kappa shape index (κ3) is 4.51. The van der Waals surface area contributed by atoms with E-state index in [1.807, 2.05) is 12.1 Å². The number of anilines is 4. The summed E-state index contributed by atoms with van der Waals surface area (Å²) in [6, 6.07) is 6.46. The van der Waals surface area contributed by atoms with Gasteiger partial charge in [-0.2, -0.15) is 30.5 Å². The molecule has 12 heteroatoms. The van der Waals surface area contributed by atoms with Crippen LogP contribution in [0.1, 0.15) is 32.1 Å². The number of ether oxygens (including phenoxy) is 2. The Balaban J connectivity index is 1.34. The summed E-state index contributed by atoms with van der Waals surface area (Å²) in [4.78, 5) is 11.9. The smallest absolute Gasteiger partial charge is 0.231 e. The Bertz CT molecular complexity index is 1310. The van der Waals surface area contributed by atoms with Crippen LogP contribution in [0.4, 0.5) is 23.1 Å². The van der Waals surface area contributed by atoms with Crippen LogP contribution in [-0.4, -0.2) is 75.0 Å². The van der Waals surface area contributed by atoms with Gasteiger partial charge in [0.05, 0.1) is 37.6 Å². The topological polar surface area (TPSA) is 142 Å². The standard InChI is InChI=1S/C24H30N10O2/c1-35-19-13-16(34-9-11-36-12-10-34)7-8-17(19)27-24-28-22(26-15-5-3-2-4-6-15)20-21(18-14-25-33-30-18)31-32-23(20)29-24/h7-8,13-15H,2-6,9-12H2,1H3,(H,25,30,33)(H3,26,27,28,29,31,32).